The summed E-state index contributed by atoms with van der Waals surface area (Å²) in [5.41, 5.74) is 1.30. The fourth-order valence-electron chi connectivity index (χ4n) is 2.95. The van der Waals surface area contributed by atoms with Gasteiger partial charge in [-0.25, -0.2) is 0 Å². The maximum Gasteiger partial charge on any atom is 0.291 e. The van der Waals surface area contributed by atoms with Crippen molar-refractivity contribution >= 4 is 34.0 Å². The molecule has 0 unspecified atom stereocenters. The lowest BCUT2D eigenvalue weighted by molar-refractivity contribution is 0.0993. The lowest BCUT2D eigenvalue weighted by atomic mass is 10.1. The number of carbonyl (C=O) groups is 2. The van der Waals surface area contributed by atoms with Crippen LogP contribution >= 0.6 is 0 Å². The van der Waals surface area contributed by atoms with E-state index in [-0.39, 0.29) is 11.7 Å². The lowest BCUT2D eigenvalue weighted by Crippen LogP contribution is -2.15. The summed E-state index contributed by atoms with van der Waals surface area (Å²) in [5.74, 6) is -0.152. The number of pyridine rings is 1. The summed E-state index contributed by atoms with van der Waals surface area (Å²) in [4.78, 5) is 29.1. The Morgan fingerprint density at radius 3 is 2.62 bits per heavy atom. The van der Waals surface area contributed by atoms with Gasteiger partial charge in [0.05, 0.1) is 19.1 Å². The maximum absolute atomic E-state index is 12.7. The number of hydrogen-bond acceptors (Lipinski definition) is 5. The van der Waals surface area contributed by atoms with Crippen LogP contribution in [0.4, 0.5) is 11.4 Å². The van der Waals surface area contributed by atoms with E-state index >= 15 is 0 Å². The molecular formula is C22H17N3O4. The van der Waals surface area contributed by atoms with E-state index in [1.165, 1.54) is 13.4 Å². The van der Waals surface area contributed by atoms with Crippen molar-refractivity contribution in [2.75, 3.05) is 17.7 Å². The van der Waals surface area contributed by atoms with Crippen LogP contribution in [0.5, 0.6) is 5.75 Å². The number of amides is 2. The van der Waals surface area contributed by atoms with Gasteiger partial charge >= 0.3 is 0 Å². The smallest absolute Gasteiger partial charge is 0.291 e. The van der Waals surface area contributed by atoms with Gasteiger partial charge in [-0.05, 0) is 35.7 Å². The first-order valence-electron chi connectivity index (χ1n) is 8.83. The topological polar surface area (TPSA) is 93.5 Å². The first kappa shape index (κ1) is 18.2. The van der Waals surface area contributed by atoms with E-state index in [4.69, 9.17) is 9.15 Å². The summed E-state index contributed by atoms with van der Waals surface area (Å²) in [6, 6.07) is 17.5. The zero-order valence-corrected chi connectivity index (χ0v) is 15.5. The molecule has 0 aliphatic heterocycles. The molecule has 0 fully saturated rings. The number of ether oxygens (including phenoxy) is 1. The van der Waals surface area contributed by atoms with Crippen LogP contribution < -0.4 is 15.4 Å². The number of benzene rings is 2. The highest BCUT2D eigenvalue weighted by Crippen LogP contribution is 2.29. The Hall–Kier alpha value is -4.13. The quantitative estimate of drug-likeness (QED) is 0.531. The van der Waals surface area contributed by atoms with E-state index < -0.39 is 5.91 Å². The first-order chi connectivity index (χ1) is 14.2. The highest BCUT2D eigenvalue weighted by molar-refractivity contribution is 6.11. The number of anilines is 2. The van der Waals surface area contributed by atoms with E-state index in [1.807, 2.05) is 30.3 Å². The summed E-state index contributed by atoms with van der Waals surface area (Å²) >= 11 is 0. The molecule has 4 aromatic rings. The normalized spacial score (nSPS) is 10.5. The molecule has 4 rings (SSSR count). The Morgan fingerprint density at radius 2 is 1.83 bits per heavy atom. The van der Waals surface area contributed by atoms with Crippen molar-refractivity contribution in [3.8, 4) is 5.75 Å². The summed E-state index contributed by atoms with van der Waals surface area (Å²) in [6.07, 6.45) is 3.02. The predicted octanol–water partition coefficient (Wildman–Crippen LogP) is 4.34. The third-order valence-electron chi connectivity index (χ3n) is 4.34. The second-order valence-electron chi connectivity index (χ2n) is 6.18. The summed E-state index contributed by atoms with van der Waals surface area (Å²) in [6.45, 7) is 0. The van der Waals surface area contributed by atoms with Crippen LogP contribution in [-0.2, 0) is 0 Å². The van der Waals surface area contributed by atoms with E-state index in [0.717, 1.165) is 10.8 Å². The largest absolute Gasteiger partial charge is 0.494 e. The number of methoxy groups -OCH3 is 1. The standard InChI is InChI=1S/C22H17N3O4/c1-28-19-13-15(8-9-17(19)25-21(26)18-7-4-12-29-18)24-22(27)20-16-6-3-2-5-14(16)10-11-23-20/h2-13H,1H3,(H,24,27)(H,25,26). The van der Waals surface area contributed by atoms with Gasteiger partial charge < -0.3 is 19.8 Å². The Bertz CT molecular complexity index is 1180. The van der Waals surface area contributed by atoms with Crippen LogP contribution in [0.25, 0.3) is 10.8 Å². The summed E-state index contributed by atoms with van der Waals surface area (Å²) in [7, 11) is 1.48. The molecule has 2 N–H and O–H groups in total. The van der Waals surface area contributed by atoms with Gasteiger partial charge in [-0.3, -0.25) is 14.6 Å². The molecule has 2 heterocycles. The molecule has 7 heteroatoms. The molecule has 0 spiro atoms. The van der Waals surface area contributed by atoms with Crippen molar-refractivity contribution in [2.24, 2.45) is 0 Å². The zero-order chi connectivity index (χ0) is 20.2. The Morgan fingerprint density at radius 1 is 0.966 bits per heavy atom. The molecule has 0 aliphatic rings. The third-order valence-corrected chi connectivity index (χ3v) is 4.34. The van der Waals surface area contributed by atoms with E-state index in [1.54, 1.807) is 36.5 Å². The average Bonchev–Trinajstić information content (AvgIpc) is 3.29. The summed E-state index contributed by atoms with van der Waals surface area (Å²) in [5, 5.41) is 7.24. The number of carbonyl (C=O) groups excluding carboxylic acids is 2. The molecule has 29 heavy (non-hydrogen) atoms. The van der Waals surface area contributed by atoms with Crippen LogP contribution in [0.2, 0.25) is 0 Å². The second kappa shape index (κ2) is 7.85. The molecule has 0 saturated heterocycles. The number of furan rings is 1. The van der Waals surface area contributed by atoms with Crippen LogP contribution in [0, 0.1) is 0 Å². The third kappa shape index (κ3) is 3.79. The average molecular weight is 387 g/mol. The predicted molar refractivity (Wildman–Crippen MR) is 109 cm³/mol. The SMILES string of the molecule is COc1cc(NC(=O)c2nccc3ccccc23)ccc1NC(=O)c1ccco1. The van der Waals surface area contributed by atoms with E-state index in [0.29, 0.717) is 22.8 Å². The highest BCUT2D eigenvalue weighted by atomic mass is 16.5. The molecule has 2 aromatic carbocycles. The maximum atomic E-state index is 12.7. The molecule has 0 bridgehead atoms. The van der Waals surface area contributed by atoms with Crippen molar-refractivity contribution in [1.29, 1.82) is 0 Å². The van der Waals surface area contributed by atoms with Crippen molar-refractivity contribution in [3.05, 3.63) is 84.6 Å². The van der Waals surface area contributed by atoms with Gasteiger partial charge in [0.2, 0.25) is 0 Å². The van der Waals surface area contributed by atoms with Crippen molar-refractivity contribution in [3.63, 3.8) is 0 Å². The number of fused-ring (bicyclic) bond motifs is 1. The minimum Gasteiger partial charge on any atom is -0.494 e. The molecule has 0 aliphatic carbocycles. The number of nitrogens with zero attached hydrogens (tertiary/aromatic N) is 1. The lowest BCUT2D eigenvalue weighted by Gasteiger charge is -2.12. The summed E-state index contributed by atoms with van der Waals surface area (Å²) < 4.78 is 10.4. The van der Waals surface area contributed by atoms with Gasteiger partial charge in [0.15, 0.2) is 5.76 Å². The van der Waals surface area contributed by atoms with Crippen LogP contribution in [-0.4, -0.2) is 23.9 Å². The fraction of sp³-hybridized carbons (Fsp3) is 0.0455. The minimum atomic E-state index is -0.398. The van der Waals surface area contributed by atoms with Gasteiger partial charge in [-0.2, -0.15) is 0 Å². The van der Waals surface area contributed by atoms with Gasteiger partial charge in [-0.1, -0.05) is 24.3 Å². The number of hydrogen-bond donors (Lipinski definition) is 2. The van der Waals surface area contributed by atoms with Gasteiger partial charge in [0.25, 0.3) is 11.8 Å². The molecule has 0 radical (unpaired) electrons. The molecule has 2 aromatic heterocycles. The fourth-order valence-corrected chi connectivity index (χ4v) is 2.95. The van der Waals surface area contributed by atoms with Gasteiger partial charge in [0.1, 0.15) is 11.4 Å². The number of nitrogens with one attached hydrogen (secondary N) is 2. The van der Waals surface area contributed by atoms with Gasteiger partial charge in [-0.15, -0.1) is 0 Å². The molecule has 144 valence electrons. The Labute approximate surface area is 166 Å². The molecule has 0 saturated carbocycles. The molecule has 2 amide bonds. The van der Waals surface area contributed by atoms with E-state index in [9.17, 15) is 9.59 Å². The second-order valence-corrected chi connectivity index (χ2v) is 6.18. The van der Waals surface area contributed by atoms with Crippen molar-refractivity contribution in [1.82, 2.24) is 4.98 Å². The van der Waals surface area contributed by atoms with Crippen LogP contribution in [0.15, 0.2) is 77.5 Å². The monoisotopic (exact) mass is 387 g/mol. The number of aromatic nitrogens is 1. The number of rotatable bonds is 5. The van der Waals surface area contributed by atoms with Crippen molar-refractivity contribution < 1.29 is 18.7 Å². The van der Waals surface area contributed by atoms with Crippen LogP contribution in [0.1, 0.15) is 21.0 Å². The zero-order valence-electron chi connectivity index (χ0n) is 15.5. The van der Waals surface area contributed by atoms with E-state index in [2.05, 4.69) is 15.6 Å². The van der Waals surface area contributed by atoms with Crippen LogP contribution in [0.3, 0.4) is 0 Å². The highest BCUT2D eigenvalue weighted by Gasteiger charge is 2.15. The van der Waals surface area contributed by atoms with Gasteiger partial charge in [0, 0.05) is 23.3 Å². The van der Waals surface area contributed by atoms with Crippen molar-refractivity contribution in [2.45, 2.75) is 0 Å². The Balaban J connectivity index is 1.56. The molecule has 0 atom stereocenters. The first-order valence-corrected chi connectivity index (χ1v) is 8.83. The molecular weight excluding hydrogens is 370 g/mol. The minimum absolute atomic E-state index is 0.187. The molecule has 7 nitrogen and oxygen atoms in total. The Kier molecular flexibility index (Phi) is 4.94.